The second-order valence-electron chi connectivity index (χ2n) is 6.25. The molecule has 3 aromatic rings. The minimum atomic E-state index is -0.624. The van der Waals surface area contributed by atoms with Crippen molar-refractivity contribution in [1.82, 2.24) is 0 Å². The van der Waals surface area contributed by atoms with Crippen LogP contribution >= 0.6 is 22.9 Å². The van der Waals surface area contributed by atoms with Gasteiger partial charge in [-0.25, -0.2) is 4.79 Å². The number of ketones is 1. The predicted octanol–water partition coefficient (Wildman–Crippen LogP) is 4.65. The Labute approximate surface area is 163 Å². The summed E-state index contributed by atoms with van der Waals surface area (Å²) in [6, 6.07) is 12.4. The average Bonchev–Trinajstić information content (AvgIpc) is 3.16. The number of Topliss-reactive ketones (excluding diaryl/α,β-unsaturated/α-hetero) is 1. The number of halogens is 1. The first-order chi connectivity index (χ1) is 13.0. The molecule has 1 amide bonds. The number of benzene rings is 2. The summed E-state index contributed by atoms with van der Waals surface area (Å²) in [5.74, 6) is -1.37. The van der Waals surface area contributed by atoms with Gasteiger partial charge in [0.15, 0.2) is 12.4 Å². The van der Waals surface area contributed by atoms with Gasteiger partial charge < -0.3 is 10.1 Å². The summed E-state index contributed by atoms with van der Waals surface area (Å²) >= 11 is 7.50. The Morgan fingerprint density at radius 1 is 1.22 bits per heavy atom. The minimum absolute atomic E-state index is 0.0968. The molecule has 136 valence electrons. The van der Waals surface area contributed by atoms with E-state index in [1.54, 1.807) is 25.1 Å². The number of carbonyl (C=O) groups is 3. The zero-order valence-corrected chi connectivity index (χ0v) is 15.8. The highest BCUT2D eigenvalue weighted by molar-refractivity contribution is 7.21. The lowest BCUT2D eigenvalue weighted by atomic mass is 9.99. The summed E-state index contributed by atoms with van der Waals surface area (Å²) in [4.78, 5) is 36.8. The maximum absolute atomic E-state index is 12.4. The Kier molecular flexibility index (Phi) is 4.45. The van der Waals surface area contributed by atoms with Gasteiger partial charge in [0.2, 0.25) is 5.91 Å². The van der Waals surface area contributed by atoms with Crippen molar-refractivity contribution in [1.29, 1.82) is 0 Å². The van der Waals surface area contributed by atoms with Crippen LogP contribution in [0.4, 0.5) is 5.69 Å². The van der Waals surface area contributed by atoms with Crippen molar-refractivity contribution in [3.05, 3.63) is 63.5 Å². The van der Waals surface area contributed by atoms with Crippen molar-refractivity contribution in [2.45, 2.75) is 12.8 Å². The van der Waals surface area contributed by atoms with Crippen molar-refractivity contribution >= 4 is 56.4 Å². The molecule has 0 saturated carbocycles. The van der Waals surface area contributed by atoms with Gasteiger partial charge in [0.25, 0.3) is 0 Å². The fourth-order valence-electron chi connectivity index (χ4n) is 3.02. The van der Waals surface area contributed by atoms with Gasteiger partial charge in [-0.15, -0.1) is 11.3 Å². The monoisotopic (exact) mass is 399 g/mol. The normalized spacial score (nSPS) is 15.5. The van der Waals surface area contributed by atoms with Gasteiger partial charge in [-0.3, -0.25) is 9.59 Å². The quantitative estimate of drug-likeness (QED) is 0.512. The molecule has 1 atom stereocenters. The van der Waals surface area contributed by atoms with Crippen LogP contribution in [0.1, 0.15) is 38.4 Å². The molecule has 0 unspecified atom stereocenters. The Balaban J connectivity index is 1.48. The third kappa shape index (κ3) is 3.11. The third-order valence-corrected chi connectivity index (χ3v) is 6.20. The Morgan fingerprint density at radius 2 is 2.00 bits per heavy atom. The standard InChI is InChI=1S/C20H14ClNO4S/c1-10-13-8-11(6-7-14(13)22-19(10)24)15(23)9-26-20(25)18-17(21)12-4-2-3-5-16(12)27-18/h2-8,10H,9H2,1H3,(H,22,24)/t10-/m0/s1. The molecule has 2 heterocycles. The lowest BCUT2D eigenvalue weighted by Gasteiger charge is -2.06. The van der Waals surface area contributed by atoms with E-state index < -0.39 is 12.6 Å². The van der Waals surface area contributed by atoms with Crippen LogP contribution in [0, 0.1) is 0 Å². The molecule has 1 aliphatic heterocycles. The molecule has 0 fully saturated rings. The molecule has 1 aliphatic rings. The van der Waals surface area contributed by atoms with E-state index in [9.17, 15) is 14.4 Å². The molecule has 0 spiro atoms. The SMILES string of the molecule is C[C@@H]1C(=O)Nc2ccc(C(=O)COC(=O)c3sc4ccccc4c3Cl)cc21. The Morgan fingerprint density at radius 3 is 2.78 bits per heavy atom. The van der Waals surface area contributed by atoms with E-state index in [1.807, 2.05) is 24.3 Å². The van der Waals surface area contributed by atoms with E-state index in [1.165, 1.54) is 11.3 Å². The summed E-state index contributed by atoms with van der Waals surface area (Å²) in [5, 5.41) is 3.88. The smallest absolute Gasteiger partial charge is 0.350 e. The molecule has 0 radical (unpaired) electrons. The number of rotatable bonds is 4. The first-order valence-corrected chi connectivity index (χ1v) is 9.47. The van der Waals surface area contributed by atoms with Gasteiger partial charge in [-0.2, -0.15) is 0 Å². The highest BCUT2D eigenvalue weighted by atomic mass is 35.5. The maximum Gasteiger partial charge on any atom is 0.350 e. The topological polar surface area (TPSA) is 72.5 Å². The number of thiophene rings is 1. The van der Waals surface area contributed by atoms with Gasteiger partial charge in [-0.1, -0.05) is 29.8 Å². The number of hydrogen-bond acceptors (Lipinski definition) is 5. The number of nitrogens with one attached hydrogen (secondary N) is 1. The van der Waals surface area contributed by atoms with E-state index in [2.05, 4.69) is 5.32 Å². The zero-order chi connectivity index (χ0) is 19.1. The summed E-state index contributed by atoms with van der Waals surface area (Å²) in [5.41, 5.74) is 1.87. The minimum Gasteiger partial charge on any atom is -0.453 e. The molecule has 5 nitrogen and oxygen atoms in total. The molecular weight excluding hydrogens is 386 g/mol. The maximum atomic E-state index is 12.4. The molecule has 1 aromatic heterocycles. The summed E-state index contributed by atoms with van der Waals surface area (Å²) in [6.45, 7) is 1.39. The van der Waals surface area contributed by atoms with Gasteiger partial charge >= 0.3 is 5.97 Å². The zero-order valence-electron chi connectivity index (χ0n) is 14.2. The fraction of sp³-hybridized carbons (Fsp3) is 0.150. The van der Waals surface area contributed by atoms with Crippen LogP contribution < -0.4 is 5.32 Å². The summed E-state index contributed by atoms with van der Waals surface area (Å²) in [7, 11) is 0. The molecule has 27 heavy (non-hydrogen) atoms. The number of carbonyl (C=O) groups excluding carboxylic acids is 3. The van der Waals surface area contributed by atoms with Crippen molar-refractivity contribution in [2.75, 3.05) is 11.9 Å². The second kappa shape index (κ2) is 6.79. The van der Waals surface area contributed by atoms with E-state index >= 15 is 0 Å². The van der Waals surface area contributed by atoms with Crippen molar-refractivity contribution in [2.24, 2.45) is 0 Å². The summed E-state index contributed by atoms with van der Waals surface area (Å²) in [6.07, 6.45) is 0. The second-order valence-corrected chi connectivity index (χ2v) is 7.68. The Hall–Kier alpha value is -2.70. The molecule has 7 heteroatoms. The Bertz CT molecular complexity index is 1100. The number of hydrogen-bond donors (Lipinski definition) is 1. The molecule has 0 saturated heterocycles. The molecule has 0 bridgehead atoms. The van der Waals surface area contributed by atoms with Crippen LogP contribution in [0.15, 0.2) is 42.5 Å². The van der Waals surface area contributed by atoms with Gasteiger partial charge in [0, 0.05) is 21.3 Å². The van der Waals surface area contributed by atoms with Crippen LogP contribution in [0.5, 0.6) is 0 Å². The molecule has 0 aliphatic carbocycles. The van der Waals surface area contributed by atoms with E-state index in [-0.39, 0.29) is 22.5 Å². The largest absolute Gasteiger partial charge is 0.453 e. The lowest BCUT2D eigenvalue weighted by Crippen LogP contribution is -2.14. The van der Waals surface area contributed by atoms with Crippen LogP contribution in [0.3, 0.4) is 0 Å². The number of amides is 1. The number of esters is 1. The first kappa shape index (κ1) is 17.7. The van der Waals surface area contributed by atoms with Crippen LogP contribution in [0.25, 0.3) is 10.1 Å². The first-order valence-electron chi connectivity index (χ1n) is 8.28. The molecule has 1 N–H and O–H groups in total. The third-order valence-electron chi connectivity index (χ3n) is 4.55. The van der Waals surface area contributed by atoms with Gasteiger partial charge in [0.1, 0.15) is 4.88 Å². The van der Waals surface area contributed by atoms with Gasteiger partial charge in [0.05, 0.1) is 10.9 Å². The highest BCUT2D eigenvalue weighted by Crippen LogP contribution is 2.36. The predicted molar refractivity (Wildman–Crippen MR) is 105 cm³/mol. The fourth-order valence-corrected chi connectivity index (χ4v) is 4.42. The van der Waals surface area contributed by atoms with E-state index in [4.69, 9.17) is 16.3 Å². The van der Waals surface area contributed by atoms with E-state index in [0.717, 1.165) is 15.6 Å². The molecule has 4 rings (SSSR count). The lowest BCUT2D eigenvalue weighted by molar-refractivity contribution is -0.116. The summed E-state index contributed by atoms with van der Waals surface area (Å²) < 4.78 is 6.06. The van der Waals surface area contributed by atoms with Gasteiger partial charge in [-0.05, 0) is 36.8 Å². The van der Waals surface area contributed by atoms with Crippen molar-refractivity contribution in [3.8, 4) is 0 Å². The van der Waals surface area contributed by atoms with E-state index in [0.29, 0.717) is 16.3 Å². The highest BCUT2D eigenvalue weighted by Gasteiger charge is 2.27. The number of anilines is 1. The number of fused-ring (bicyclic) bond motifs is 2. The van der Waals surface area contributed by atoms with Crippen molar-refractivity contribution < 1.29 is 19.1 Å². The average molecular weight is 400 g/mol. The van der Waals surface area contributed by atoms with Crippen LogP contribution in [-0.4, -0.2) is 24.3 Å². The molecule has 2 aromatic carbocycles. The van der Waals surface area contributed by atoms with Crippen molar-refractivity contribution in [3.63, 3.8) is 0 Å². The van der Waals surface area contributed by atoms with Crippen LogP contribution in [0.2, 0.25) is 5.02 Å². The van der Waals surface area contributed by atoms with Crippen LogP contribution in [-0.2, 0) is 9.53 Å². The molecular formula is C20H14ClNO4S. The number of ether oxygens (including phenoxy) is 1.